The smallest absolute Gasteiger partial charge is 0.283 e. The molecular weight excluding hydrogens is 362 g/mol. The van der Waals surface area contributed by atoms with Gasteiger partial charge < -0.3 is 4.42 Å². The fourth-order valence-electron chi connectivity index (χ4n) is 2.61. The summed E-state index contributed by atoms with van der Waals surface area (Å²) in [6.07, 6.45) is 3.06. The van der Waals surface area contributed by atoms with Crippen molar-refractivity contribution in [1.29, 1.82) is 0 Å². The van der Waals surface area contributed by atoms with Crippen LogP contribution in [0.2, 0.25) is 5.02 Å². The van der Waals surface area contributed by atoms with E-state index in [0.717, 1.165) is 4.09 Å². The van der Waals surface area contributed by atoms with Crippen LogP contribution in [-0.4, -0.2) is 22.6 Å². The first-order chi connectivity index (χ1) is 12.0. The fraction of sp³-hybridized carbons (Fsp3) is 0.0588. The van der Waals surface area contributed by atoms with Gasteiger partial charge in [0.1, 0.15) is 5.76 Å². The van der Waals surface area contributed by atoms with Crippen molar-refractivity contribution in [3.8, 4) is 11.5 Å². The number of oxazole rings is 1. The van der Waals surface area contributed by atoms with Crippen molar-refractivity contribution in [3.63, 3.8) is 0 Å². The molecule has 25 heavy (non-hydrogen) atoms. The number of benzene rings is 2. The van der Waals surface area contributed by atoms with Crippen molar-refractivity contribution in [1.82, 2.24) is 14.2 Å². The van der Waals surface area contributed by atoms with Gasteiger partial charge >= 0.3 is 0 Å². The quantitative estimate of drug-likeness (QED) is 0.544. The van der Waals surface area contributed by atoms with E-state index in [1.54, 1.807) is 43.5 Å². The van der Waals surface area contributed by atoms with Crippen LogP contribution in [0, 0.1) is 6.92 Å². The Bertz CT molecular complexity index is 1180. The Morgan fingerprint density at radius 2 is 1.88 bits per heavy atom. The molecule has 0 aliphatic heterocycles. The van der Waals surface area contributed by atoms with Crippen molar-refractivity contribution >= 4 is 32.5 Å². The van der Waals surface area contributed by atoms with Crippen LogP contribution in [0.15, 0.2) is 64.2 Å². The fourth-order valence-corrected chi connectivity index (χ4v) is 4.10. The molecule has 2 aromatic heterocycles. The number of nitrogens with zero attached hydrogens (tertiary/aromatic N) is 3. The lowest BCUT2D eigenvalue weighted by molar-refractivity contribution is 0.543. The number of halogens is 1. The monoisotopic (exact) mass is 373 g/mol. The molecule has 0 spiro atoms. The molecule has 2 heterocycles. The van der Waals surface area contributed by atoms with Gasteiger partial charge in [-0.15, -0.1) is 0 Å². The van der Waals surface area contributed by atoms with Gasteiger partial charge in [0.05, 0.1) is 22.8 Å². The number of hydrogen-bond acceptors (Lipinski definition) is 5. The van der Waals surface area contributed by atoms with Gasteiger partial charge in [-0.05, 0) is 31.2 Å². The van der Waals surface area contributed by atoms with Crippen LogP contribution in [0.25, 0.3) is 22.4 Å². The molecule has 0 radical (unpaired) electrons. The van der Waals surface area contributed by atoms with Gasteiger partial charge in [0.2, 0.25) is 5.89 Å². The highest BCUT2D eigenvalue weighted by molar-refractivity contribution is 7.90. The Hall–Kier alpha value is -2.64. The molecule has 0 aliphatic rings. The van der Waals surface area contributed by atoms with E-state index in [1.807, 2.05) is 0 Å². The summed E-state index contributed by atoms with van der Waals surface area (Å²) in [6, 6.07) is 11.3. The van der Waals surface area contributed by atoms with Gasteiger partial charge in [-0.3, -0.25) is 0 Å². The number of aromatic nitrogens is 3. The molecule has 0 bridgehead atoms. The van der Waals surface area contributed by atoms with Crippen molar-refractivity contribution in [2.24, 2.45) is 0 Å². The van der Waals surface area contributed by atoms with E-state index in [0.29, 0.717) is 33.1 Å². The van der Waals surface area contributed by atoms with E-state index in [-0.39, 0.29) is 4.90 Å². The minimum absolute atomic E-state index is 0.147. The summed E-state index contributed by atoms with van der Waals surface area (Å²) >= 11 is 6.20. The molecule has 0 aliphatic carbocycles. The van der Waals surface area contributed by atoms with Gasteiger partial charge in [-0.1, -0.05) is 29.8 Å². The van der Waals surface area contributed by atoms with Crippen molar-refractivity contribution in [2.75, 3.05) is 0 Å². The lowest BCUT2D eigenvalue weighted by atomic mass is 10.1. The van der Waals surface area contributed by atoms with E-state index in [4.69, 9.17) is 16.0 Å². The lowest BCUT2D eigenvalue weighted by Gasteiger charge is -2.07. The van der Waals surface area contributed by atoms with Gasteiger partial charge in [-0.25, -0.2) is 4.98 Å². The van der Waals surface area contributed by atoms with Crippen LogP contribution in [0.1, 0.15) is 5.76 Å². The van der Waals surface area contributed by atoms with Gasteiger partial charge in [0.15, 0.2) is 0 Å². The van der Waals surface area contributed by atoms with Crippen LogP contribution < -0.4 is 0 Å². The van der Waals surface area contributed by atoms with Crippen LogP contribution in [0.5, 0.6) is 0 Å². The van der Waals surface area contributed by atoms with Crippen LogP contribution in [0.3, 0.4) is 0 Å². The first-order valence-electron chi connectivity index (χ1n) is 7.37. The average Bonchev–Trinajstić information content (AvgIpc) is 3.21. The number of rotatable bonds is 3. The highest BCUT2D eigenvalue weighted by atomic mass is 35.5. The summed E-state index contributed by atoms with van der Waals surface area (Å²) < 4.78 is 32.3. The van der Waals surface area contributed by atoms with Crippen molar-refractivity contribution in [2.45, 2.75) is 11.8 Å². The molecule has 4 aromatic rings. The second-order valence-electron chi connectivity index (χ2n) is 5.47. The topological polar surface area (TPSA) is 78.0 Å². The van der Waals surface area contributed by atoms with Crippen LogP contribution >= 0.6 is 11.6 Å². The summed E-state index contributed by atoms with van der Waals surface area (Å²) in [5.74, 6) is 1.01. The predicted octanol–water partition coefficient (Wildman–Crippen LogP) is 3.89. The second kappa shape index (κ2) is 5.72. The van der Waals surface area contributed by atoms with Crippen LogP contribution in [0.4, 0.5) is 0 Å². The van der Waals surface area contributed by atoms with Gasteiger partial charge in [0.25, 0.3) is 10.0 Å². The first-order valence-corrected chi connectivity index (χ1v) is 9.19. The zero-order chi connectivity index (χ0) is 17.6. The minimum atomic E-state index is -3.84. The Kier molecular flexibility index (Phi) is 3.63. The Labute approximate surface area is 148 Å². The molecule has 0 amide bonds. The van der Waals surface area contributed by atoms with Crippen molar-refractivity contribution < 1.29 is 12.8 Å². The molecule has 4 rings (SSSR count). The number of aryl methyl sites for hydroxylation is 1. The zero-order valence-electron chi connectivity index (χ0n) is 13.0. The van der Waals surface area contributed by atoms with Crippen LogP contribution in [-0.2, 0) is 10.0 Å². The zero-order valence-corrected chi connectivity index (χ0v) is 14.6. The maximum atomic E-state index is 12.9. The standard InChI is InChI=1S/C17H12ClN3O3S/c1-11-9-19-17(24-11)14-7-12(18)8-16-15(14)10-20-21(16)25(22,23)13-5-3-2-4-6-13/h2-10H,1H3. The molecule has 8 heteroatoms. The predicted molar refractivity (Wildman–Crippen MR) is 94.0 cm³/mol. The van der Waals surface area contributed by atoms with Gasteiger partial charge in [-0.2, -0.15) is 17.6 Å². The van der Waals surface area contributed by atoms with E-state index in [1.165, 1.54) is 18.3 Å². The molecule has 0 N–H and O–H groups in total. The number of hydrogen-bond donors (Lipinski definition) is 0. The maximum Gasteiger partial charge on any atom is 0.283 e. The van der Waals surface area contributed by atoms with Crippen molar-refractivity contribution in [3.05, 3.63) is 65.6 Å². The Morgan fingerprint density at radius 3 is 2.56 bits per heavy atom. The molecule has 0 saturated heterocycles. The van der Waals surface area contributed by atoms with Gasteiger partial charge in [0, 0.05) is 16.0 Å². The average molecular weight is 374 g/mol. The third-order valence-electron chi connectivity index (χ3n) is 3.74. The van der Waals surface area contributed by atoms with E-state index < -0.39 is 10.0 Å². The molecular formula is C17H12ClN3O3S. The van der Waals surface area contributed by atoms with E-state index in [2.05, 4.69) is 10.1 Å². The summed E-state index contributed by atoms with van der Waals surface area (Å²) in [7, 11) is -3.84. The van der Waals surface area contributed by atoms with E-state index in [9.17, 15) is 8.42 Å². The summed E-state index contributed by atoms with van der Waals surface area (Å²) in [5.41, 5.74) is 0.951. The maximum absolute atomic E-state index is 12.9. The normalized spacial score (nSPS) is 11.9. The molecule has 2 aromatic carbocycles. The first kappa shape index (κ1) is 15.9. The lowest BCUT2D eigenvalue weighted by Crippen LogP contribution is -2.14. The highest BCUT2D eigenvalue weighted by Crippen LogP contribution is 2.33. The van der Waals surface area contributed by atoms with E-state index >= 15 is 0 Å². The molecule has 0 atom stereocenters. The minimum Gasteiger partial charge on any atom is -0.441 e. The Balaban J connectivity index is 1.98. The SMILES string of the molecule is Cc1cnc(-c2cc(Cl)cc3c2cnn3S(=O)(=O)c2ccccc2)o1. The molecule has 0 saturated carbocycles. The molecule has 6 nitrogen and oxygen atoms in total. The number of fused-ring (bicyclic) bond motifs is 1. The Morgan fingerprint density at radius 1 is 1.12 bits per heavy atom. The largest absolute Gasteiger partial charge is 0.441 e. The third kappa shape index (κ3) is 2.61. The third-order valence-corrected chi connectivity index (χ3v) is 5.57. The highest BCUT2D eigenvalue weighted by Gasteiger charge is 2.22. The second-order valence-corrected chi connectivity index (χ2v) is 7.67. The summed E-state index contributed by atoms with van der Waals surface area (Å²) in [4.78, 5) is 4.34. The molecule has 126 valence electrons. The summed E-state index contributed by atoms with van der Waals surface area (Å²) in [5, 5.41) is 5.03. The molecule has 0 unspecified atom stereocenters. The molecule has 0 fully saturated rings. The summed E-state index contributed by atoms with van der Waals surface area (Å²) in [6.45, 7) is 1.78.